The number of imidazole rings is 1. The molecule has 1 aliphatic heterocycles. The van der Waals surface area contributed by atoms with Gasteiger partial charge in [0.15, 0.2) is 0 Å². The minimum Gasteiger partial charge on any atom is -0.336 e. The zero-order valence-electron chi connectivity index (χ0n) is 11.1. The number of rotatable bonds is 3. The Morgan fingerprint density at radius 2 is 2.29 bits per heavy atom. The van der Waals surface area contributed by atoms with Gasteiger partial charge in [-0.15, -0.1) is 0 Å². The molecule has 2 atom stereocenters. The molecule has 0 saturated carbocycles. The Bertz CT molecular complexity index is 358. The molecule has 2 rings (SSSR count). The lowest BCUT2D eigenvalue weighted by Gasteiger charge is -2.40. The van der Waals surface area contributed by atoms with E-state index in [0.717, 1.165) is 19.5 Å². The van der Waals surface area contributed by atoms with Gasteiger partial charge in [-0.05, 0) is 25.3 Å². The number of hydrogen-bond acceptors (Lipinski definition) is 3. The summed E-state index contributed by atoms with van der Waals surface area (Å²) < 4.78 is 2.10. The minimum atomic E-state index is 0.234. The van der Waals surface area contributed by atoms with Gasteiger partial charge in [0.1, 0.15) is 0 Å². The highest BCUT2D eigenvalue weighted by atomic mass is 15.2. The fourth-order valence-electron chi connectivity index (χ4n) is 2.83. The highest BCUT2D eigenvalue weighted by Gasteiger charge is 2.32. The Kier molecular flexibility index (Phi) is 3.84. The second kappa shape index (κ2) is 5.19. The van der Waals surface area contributed by atoms with Gasteiger partial charge in [-0.2, -0.15) is 0 Å². The van der Waals surface area contributed by atoms with E-state index >= 15 is 0 Å². The maximum Gasteiger partial charge on any atom is 0.0946 e. The van der Waals surface area contributed by atoms with Gasteiger partial charge in [0.25, 0.3) is 0 Å². The summed E-state index contributed by atoms with van der Waals surface area (Å²) in [5.41, 5.74) is 7.57. The third-order valence-corrected chi connectivity index (χ3v) is 3.54. The zero-order chi connectivity index (χ0) is 12.4. The van der Waals surface area contributed by atoms with Gasteiger partial charge in [0, 0.05) is 25.8 Å². The van der Waals surface area contributed by atoms with E-state index in [1.165, 1.54) is 12.1 Å². The van der Waals surface area contributed by atoms with E-state index < -0.39 is 0 Å². The number of aryl methyl sites for hydroxylation is 1. The summed E-state index contributed by atoms with van der Waals surface area (Å²) in [7, 11) is 2.05. The van der Waals surface area contributed by atoms with Crippen molar-refractivity contribution >= 4 is 0 Å². The summed E-state index contributed by atoms with van der Waals surface area (Å²) in [6.07, 6.45) is 6.15. The molecule has 96 valence electrons. The Labute approximate surface area is 104 Å². The van der Waals surface area contributed by atoms with Gasteiger partial charge in [0.2, 0.25) is 0 Å². The molecule has 1 aliphatic rings. The number of nitrogens with two attached hydrogens (primary N) is 1. The van der Waals surface area contributed by atoms with E-state index in [1.807, 2.05) is 12.5 Å². The fourth-order valence-corrected chi connectivity index (χ4v) is 2.83. The van der Waals surface area contributed by atoms with Crippen LogP contribution in [0.2, 0.25) is 0 Å². The maximum absolute atomic E-state index is 6.32. The van der Waals surface area contributed by atoms with Crippen LogP contribution in [0.5, 0.6) is 0 Å². The molecule has 4 heteroatoms. The fraction of sp³-hybridized carbons (Fsp3) is 0.769. The van der Waals surface area contributed by atoms with Crippen LogP contribution in [0, 0.1) is 5.92 Å². The Balaban J connectivity index is 2.22. The molecule has 1 fully saturated rings. The summed E-state index contributed by atoms with van der Waals surface area (Å²) in [6, 6.07) is 0.566. The molecule has 4 nitrogen and oxygen atoms in total. The van der Waals surface area contributed by atoms with E-state index in [2.05, 4.69) is 35.3 Å². The number of aromatic nitrogens is 2. The number of piperidine rings is 1. The quantitative estimate of drug-likeness (QED) is 0.866. The van der Waals surface area contributed by atoms with Crippen LogP contribution >= 0.6 is 0 Å². The first kappa shape index (κ1) is 12.6. The van der Waals surface area contributed by atoms with Crippen molar-refractivity contribution in [1.82, 2.24) is 14.5 Å². The molecule has 2 unspecified atom stereocenters. The van der Waals surface area contributed by atoms with Crippen molar-refractivity contribution in [3.8, 4) is 0 Å². The van der Waals surface area contributed by atoms with Crippen molar-refractivity contribution in [2.45, 2.75) is 38.8 Å². The van der Waals surface area contributed by atoms with E-state index in [1.54, 1.807) is 0 Å². The molecule has 2 N–H and O–H groups in total. The molecule has 1 saturated heterocycles. The molecule has 0 aliphatic carbocycles. The zero-order valence-corrected chi connectivity index (χ0v) is 11.1. The third kappa shape index (κ3) is 2.69. The summed E-state index contributed by atoms with van der Waals surface area (Å²) in [6.45, 7) is 6.80. The average Bonchev–Trinajstić information content (AvgIpc) is 2.64. The van der Waals surface area contributed by atoms with Crippen LogP contribution in [0.4, 0.5) is 0 Å². The van der Waals surface area contributed by atoms with Gasteiger partial charge in [-0.25, -0.2) is 4.98 Å². The molecule has 0 radical (unpaired) electrons. The second-order valence-electron chi connectivity index (χ2n) is 5.57. The maximum atomic E-state index is 6.32. The number of hydrogen-bond donors (Lipinski definition) is 1. The SMILES string of the molecule is CC(C)CN1CCCC(N)C1c1cncn1C. The molecule has 0 amide bonds. The van der Waals surface area contributed by atoms with E-state index in [-0.39, 0.29) is 6.04 Å². The summed E-state index contributed by atoms with van der Waals surface area (Å²) in [4.78, 5) is 6.75. The van der Waals surface area contributed by atoms with Crippen LogP contribution in [-0.4, -0.2) is 33.6 Å². The highest BCUT2D eigenvalue weighted by molar-refractivity contribution is 5.10. The van der Waals surface area contributed by atoms with Crippen molar-refractivity contribution in [3.05, 3.63) is 18.2 Å². The predicted molar refractivity (Wildman–Crippen MR) is 69.6 cm³/mol. The topological polar surface area (TPSA) is 47.1 Å². The number of nitrogens with zero attached hydrogens (tertiary/aromatic N) is 3. The van der Waals surface area contributed by atoms with E-state index in [9.17, 15) is 0 Å². The molecule has 2 heterocycles. The highest BCUT2D eigenvalue weighted by Crippen LogP contribution is 2.30. The van der Waals surface area contributed by atoms with Crippen molar-refractivity contribution in [2.24, 2.45) is 18.7 Å². The van der Waals surface area contributed by atoms with Gasteiger partial charge in [-0.1, -0.05) is 13.8 Å². The lowest BCUT2D eigenvalue weighted by Crippen LogP contribution is -2.47. The van der Waals surface area contributed by atoms with Crippen molar-refractivity contribution in [2.75, 3.05) is 13.1 Å². The van der Waals surface area contributed by atoms with Gasteiger partial charge >= 0.3 is 0 Å². The van der Waals surface area contributed by atoms with Crippen LogP contribution in [-0.2, 0) is 7.05 Å². The monoisotopic (exact) mass is 236 g/mol. The molecule has 0 spiro atoms. The van der Waals surface area contributed by atoms with E-state index in [4.69, 9.17) is 5.73 Å². The Hall–Kier alpha value is -0.870. The Morgan fingerprint density at radius 1 is 1.53 bits per heavy atom. The van der Waals surface area contributed by atoms with Crippen molar-refractivity contribution in [3.63, 3.8) is 0 Å². The lowest BCUT2D eigenvalue weighted by atomic mass is 9.93. The van der Waals surface area contributed by atoms with Crippen molar-refractivity contribution < 1.29 is 0 Å². The molecule has 17 heavy (non-hydrogen) atoms. The first-order valence-corrected chi connectivity index (χ1v) is 6.55. The minimum absolute atomic E-state index is 0.234. The smallest absolute Gasteiger partial charge is 0.0946 e. The summed E-state index contributed by atoms with van der Waals surface area (Å²) in [5.74, 6) is 0.677. The molecule has 0 aromatic carbocycles. The standard InChI is InChI=1S/C13H24N4/c1-10(2)8-17-6-4-5-11(14)13(17)12-7-15-9-16(12)3/h7,9-11,13H,4-6,8,14H2,1-3H3. The Morgan fingerprint density at radius 3 is 2.88 bits per heavy atom. The molecular formula is C13H24N4. The lowest BCUT2D eigenvalue weighted by molar-refractivity contribution is 0.109. The van der Waals surface area contributed by atoms with Gasteiger partial charge < -0.3 is 10.3 Å². The molecule has 1 aromatic rings. The summed E-state index contributed by atoms with van der Waals surface area (Å²) >= 11 is 0. The van der Waals surface area contributed by atoms with Crippen LogP contribution in [0.15, 0.2) is 12.5 Å². The largest absolute Gasteiger partial charge is 0.336 e. The normalized spacial score (nSPS) is 26.6. The first-order valence-electron chi connectivity index (χ1n) is 6.55. The summed E-state index contributed by atoms with van der Waals surface area (Å²) in [5, 5.41) is 0. The van der Waals surface area contributed by atoms with Crippen LogP contribution in [0.1, 0.15) is 38.4 Å². The van der Waals surface area contributed by atoms with Crippen LogP contribution in [0.3, 0.4) is 0 Å². The average molecular weight is 236 g/mol. The van der Waals surface area contributed by atoms with Crippen molar-refractivity contribution in [1.29, 1.82) is 0 Å². The predicted octanol–water partition coefficient (Wildman–Crippen LogP) is 1.54. The van der Waals surface area contributed by atoms with Crippen LogP contribution < -0.4 is 5.73 Å². The van der Waals surface area contributed by atoms with Gasteiger partial charge in [0.05, 0.1) is 18.1 Å². The van der Waals surface area contributed by atoms with Crippen LogP contribution in [0.25, 0.3) is 0 Å². The van der Waals surface area contributed by atoms with E-state index in [0.29, 0.717) is 12.0 Å². The molecule has 0 bridgehead atoms. The second-order valence-corrected chi connectivity index (χ2v) is 5.57. The molecule has 1 aromatic heterocycles. The third-order valence-electron chi connectivity index (χ3n) is 3.54. The molecular weight excluding hydrogens is 212 g/mol. The first-order chi connectivity index (χ1) is 8.09. The number of likely N-dealkylation sites (tertiary alicyclic amines) is 1. The van der Waals surface area contributed by atoms with Gasteiger partial charge in [-0.3, -0.25) is 4.90 Å².